The molecule has 0 bridgehead atoms. The molecule has 0 atom stereocenters. The van der Waals surface area contributed by atoms with Crippen molar-refractivity contribution >= 4 is 16.9 Å². The van der Waals surface area contributed by atoms with Crippen LogP contribution in [0.3, 0.4) is 0 Å². The van der Waals surface area contributed by atoms with E-state index in [0.29, 0.717) is 6.54 Å². The van der Waals surface area contributed by atoms with Crippen molar-refractivity contribution < 1.29 is 0 Å². The summed E-state index contributed by atoms with van der Waals surface area (Å²) in [5.74, 6) is 0.803. The lowest BCUT2D eigenvalue weighted by atomic mass is 10.1. The predicted molar refractivity (Wildman–Crippen MR) is 86.6 cm³/mol. The van der Waals surface area contributed by atoms with Gasteiger partial charge in [-0.05, 0) is 44.9 Å². The molecule has 0 fully saturated rings. The third-order valence-electron chi connectivity index (χ3n) is 3.58. The maximum absolute atomic E-state index is 4.46. The van der Waals surface area contributed by atoms with Crippen LogP contribution < -0.4 is 5.32 Å². The maximum atomic E-state index is 4.46. The number of hydrogen-bond acceptors (Lipinski definition) is 5. The van der Waals surface area contributed by atoms with Gasteiger partial charge in [-0.2, -0.15) is 5.10 Å². The molecule has 0 saturated heterocycles. The van der Waals surface area contributed by atoms with Crippen molar-refractivity contribution in [1.82, 2.24) is 24.7 Å². The molecule has 0 amide bonds. The summed E-state index contributed by atoms with van der Waals surface area (Å²) in [5.41, 5.74) is 3.09. The molecule has 3 aromatic rings. The molecule has 3 aromatic heterocycles. The number of nitrogens with one attached hydrogen (secondary N) is 1. The quantitative estimate of drug-likeness (QED) is 0.805. The van der Waals surface area contributed by atoms with Gasteiger partial charge < -0.3 is 5.32 Å². The highest BCUT2D eigenvalue weighted by Gasteiger charge is 2.19. The monoisotopic (exact) mass is 296 g/mol. The lowest BCUT2D eigenvalue weighted by molar-refractivity contribution is 0.366. The Morgan fingerprint density at radius 1 is 1.18 bits per heavy atom. The van der Waals surface area contributed by atoms with Gasteiger partial charge in [0, 0.05) is 18.9 Å². The summed E-state index contributed by atoms with van der Waals surface area (Å²) < 4.78 is 1.92. The zero-order valence-corrected chi connectivity index (χ0v) is 13.3. The van der Waals surface area contributed by atoms with Crippen molar-refractivity contribution in [2.45, 2.75) is 39.8 Å². The first-order valence-corrected chi connectivity index (χ1v) is 7.29. The molecule has 6 nitrogen and oxygen atoms in total. The normalized spacial score (nSPS) is 11.8. The Balaban J connectivity index is 1.92. The molecule has 3 heterocycles. The SMILES string of the molecule is Cc1cnccc1CNc1ncnc2c1cnn2C(C)(C)C. The van der Waals surface area contributed by atoms with Crippen LogP contribution in [0.5, 0.6) is 0 Å². The second-order valence-corrected chi connectivity index (χ2v) is 6.34. The molecule has 0 aliphatic heterocycles. The van der Waals surface area contributed by atoms with E-state index < -0.39 is 0 Å². The summed E-state index contributed by atoms with van der Waals surface area (Å²) in [6.07, 6.45) is 7.07. The number of aromatic nitrogens is 5. The van der Waals surface area contributed by atoms with Gasteiger partial charge in [-0.15, -0.1) is 0 Å². The van der Waals surface area contributed by atoms with E-state index in [9.17, 15) is 0 Å². The fraction of sp³-hybridized carbons (Fsp3) is 0.375. The molecule has 0 radical (unpaired) electrons. The average Bonchev–Trinajstić information content (AvgIpc) is 2.91. The molecular weight excluding hydrogens is 276 g/mol. The highest BCUT2D eigenvalue weighted by Crippen LogP contribution is 2.24. The summed E-state index contributed by atoms with van der Waals surface area (Å²) in [4.78, 5) is 12.8. The van der Waals surface area contributed by atoms with Crippen molar-refractivity contribution in [2.75, 3.05) is 5.32 Å². The Morgan fingerprint density at radius 3 is 2.73 bits per heavy atom. The molecule has 114 valence electrons. The number of fused-ring (bicyclic) bond motifs is 1. The van der Waals surface area contributed by atoms with E-state index in [2.05, 4.69) is 53.1 Å². The van der Waals surface area contributed by atoms with Crippen LogP contribution >= 0.6 is 0 Å². The Kier molecular flexibility index (Phi) is 3.52. The number of rotatable bonds is 3. The topological polar surface area (TPSA) is 68.5 Å². The van der Waals surface area contributed by atoms with Gasteiger partial charge in [0.25, 0.3) is 0 Å². The smallest absolute Gasteiger partial charge is 0.163 e. The standard InChI is InChI=1S/C16H20N6/c1-11-7-17-6-5-12(11)8-18-14-13-9-21-22(16(2,3)4)15(13)20-10-19-14/h5-7,9-10H,8H2,1-4H3,(H,18,19,20). The third kappa shape index (κ3) is 2.64. The molecule has 0 spiro atoms. The van der Waals surface area contributed by atoms with Crippen molar-refractivity contribution in [1.29, 1.82) is 0 Å². The Bertz CT molecular complexity index is 800. The predicted octanol–water partition coefficient (Wildman–Crippen LogP) is 2.90. The van der Waals surface area contributed by atoms with Crippen LogP contribution in [0.25, 0.3) is 11.0 Å². The van der Waals surface area contributed by atoms with Crippen LogP contribution in [0.1, 0.15) is 31.9 Å². The van der Waals surface area contributed by atoms with Gasteiger partial charge in [0.2, 0.25) is 0 Å². The summed E-state index contributed by atoms with van der Waals surface area (Å²) in [7, 11) is 0. The Hall–Kier alpha value is -2.50. The molecule has 0 aromatic carbocycles. The van der Waals surface area contributed by atoms with E-state index in [0.717, 1.165) is 22.4 Å². The minimum absolute atomic E-state index is 0.116. The highest BCUT2D eigenvalue weighted by molar-refractivity contribution is 5.86. The van der Waals surface area contributed by atoms with Gasteiger partial charge in [0.15, 0.2) is 5.65 Å². The Morgan fingerprint density at radius 2 is 2.00 bits per heavy atom. The van der Waals surface area contributed by atoms with Crippen LogP contribution in [0.4, 0.5) is 5.82 Å². The second-order valence-electron chi connectivity index (χ2n) is 6.34. The largest absolute Gasteiger partial charge is 0.365 e. The number of pyridine rings is 1. The van der Waals surface area contributed by atoms with Gasteiger partial charge in [-0.1, -0.05) is 0 Å². The summed E-state index contributed by atoms with van der Waals surface area (Å²) in [6, 6.07) is 2.01. The molecule has 0 saturated carbocycles. The van der Waals surface area contributed by atoms with Gasteiger partial charge in [0.05, 0.1) is 17.1 Å². The van der Waals surface area contributed by atoms with Gasteiger partial charge >= 0.3 is 0 Å². The lowest BCUT2D eigenvalue weighted by Crippen LogP contribution is -2.23. The number of aryl methyl sites for hydroxylation is 1. The molecule has 1 N–H and O–H groups in total. The van der Waals surface area contributed by atoms with Crippen LogP contribution in [0, 0.1) is 6.92 Å². The first-order valence-electron chi connectivity index (χ1n) is 7.29. The molecule has 3 rings (SSSR count). The number of nitrogens with zero attached hydrogens (tertiary/aromatic N) is 5. The number of anilines is 1. The summed E-state index contributed by atoms with van der Waals surface area (Å²) >= 11 is 0. The maximum Gasteiger partial charge on any atom is 0.163 e. The first-order chi connectivity index (χ1) is 10.5. The van der Waals surface area contributed by atoms with Crippen molar-refractivity contribution in [2.24, 2.45) is 0 Å². The van der Waals surface area contributed by atoms with Crippen molar-refractivity contribution in [3.05, 3.63) is 42.1 Å². The van der Waals surface area contributed by atoms with Gasteiger partial charge in [-0.3, -0.25) is 4.98 Å². The molecule has 0 aliphatic rings. The first kappa shape index (κ1) is 14.4. The van der Waals surface area contributed by atoms with E-state index in [1.165, 1.54) is 5.56 Å². The molecule has 6 heteroatoms. The highest BCUT2D eigenvalue weighted by atomic mass is 15.3. The zero-order chi connectivity index (χ0) is 15.7. The van der Waals surface area contributed by atoms with Crippen molar-refractivity contribution in [3.63, 3.8) is 0 Å². The fourth-order valence-electron chi connectivity index (χ4n) is 2.36. The molecule has 0 aliphatic carbocycles. The second kappa shape index (κ2) is 5.36. The molecular formula is C16H20N6. The average molecular weight is 296 g/mol. The number of hydrogen-bond donors (Lipinski definition) is 1. The minimum atomic E-state index is -0.116. The summed E-state index contributed by atoms with van der Waals surface area (Å²) in [6.45, 7) is 9.07. The van der Waals surface area contributed by atoms with Crippen LogP contribution in [-0.4, -0.2) is 24.7 Å². The van der Waals surface area contributed by atoms with E-state index in [1.54, 1.807) is 12.5 Å². The minimum Gasteiger partial charge on any atom is -0.365 e. The van der Waals surface area contributed by atoms with E-state index in [-0.39, 0.29) is 5.54 Å². The van der Waals surface area contributed by atoms with E-state index >= 15 is 0 Å². The van der Waals surface area contributed by atoms with Crippen LogP contribution in [0.2, 0.25) is 0 Å². The van der Waals surface area contributed by atoms with Gasteiger partial charge in [-0.25, -0.2) is 14.6 Å². The Labute approximate surface area is 129 Å². The van der Waals surface area contributed by atoms with Crippen LogP contribution in [-0.2, 0) is 12.1 Å². The summed E-state index contributed by atoms with van der Waals surface area (Å²) in [5, 5.41) is 8.78. The third-order valence-corrected chi connectivity index (χ3v) is 3.58. The molecule has 22 heavy (non-hydrogen) atoms. The van der Waals surface area contributed by atoms with E-state index in [4.69, 9.17) is 0 Å². The molecule has 0 unspecified atom stereocenters. The van der Waals surface area contributed by atoms with Gasteiger partial charge in [0.1, 0.15) is 12.1 Å². The van der Waals surface area contributed by atoms with E-state index in [1.807, 2.05) is 23.1 Å². The lowest BCUT2D eigenvalue weighted by Gasteiger charge is -2.19. The zero-order valence-electron chi connectivity index (χ0n) is 13.3. The van der Waals surface area contributed by atoms with Crippen molar-refractivity contribution in [3.8, 4) is 0 Å². The van der Waals surface area contributed by atoms with Crippen LogP contribution in [0.15, 0.2) is 31.0 Å². The fourth-order valence-corrected chi connectivity index (χ4v) is 2.36.